The Bertz CT molecular complexity index is 2360. The fourth-order valence-corrected chi connectivity index (χ4v) is 12.6. The standard InChI is InChI=1S/C23H27ClFN2O3P.C20H27N4O3PS/c1-3-29-31(28,30-4-2)26-13-11-17(12-14-26)22-16-27(20-8-6-19(25)7-9-20)23-10-5-18(24)15-21(22)23;1-4-26-28(25,27-5-2)24-12-10-23(11-13-24)19-16-14-15(3)29-20(16)22-18-9-7-6-8-17(18)21-19/h5-10,15-17H,3-4,11-14H2,1-2H3;6-9,14,22H,4-5,10-13H2,1-3H3. The first-order valence-electron chi connectivity index (χ1n) is 20.6. The van der Waals surface area contributed by atoms with Crippen LogP contribution in [-0.4, -0.2) is 90.3 Å². The predicted octanol–water partition coefficient (Wildman–Crippen LogP) is 11.8. The van der Waals surface area contributed by atoms with Crippen LogP contribution in [0.4, 0.5) is 20.8 Å². The number of aromatic nitrogens is 1. The SMILES string of the molecule is CCOP(=O)(OCC)N1CCC(c2cn(-c3ccc(F)cc3)c3ccc(Cl)cc23)CC1.CCOP(=O)(OCC)N1CCN(C2=Nc3ccccc3Nc3sc(C)cc32)CC1. The lowest BCUT2D eigenvalue weighted by Crippen LogP contribution is -2.48. The zero-order valence-electron chi connectivity index (χ0n) is 34.8. The van der Waals surface area contributed by atoms with E-state index in [1.54, 1.807) is 23.5 Å². The van der Waals surface area contributed by atoms with Crippen LogP contribution in [0.2, 0.25) is 5.02 Å². The topological polar surface area (TPSA) is 110 Å². The average molecular weight is 899 g/mol. The summed E-state index contributed by atoms with van der Waals surface area (Å²) in [4.78, 5) is 8.53. The molecule has 1 N–H and O–H groups in total. The number of piperazine rings is 1. The molecule has 2 saturated heterocycles. The second kappa shape index (κ2) is 19.8. The summed E-state index contributed by atoms with van der Waals surface area (Å²) in [5.74, 6) is 0.989. The molecule has 5 heterocycles. The van der Waals surface area contributed by atoms with E-state index in [9.17, 15) is 13.5 Å². The number of hydrogen-bond donors (Lipinski definition) is 1. The van der Waals surface area contributed by atoms with Crippen LogP contribution < -0.4 is 5.32 Å². The number of rotatable bonds is 12. The Balaban J connectivity index is 0.000000182. The lowest BCUT2D eigenvalue weighted by atomic mass is 9.90. The summed E-state index contributed by atoms with van der Waals surface area (Å²) in [5.41, 5.74) is 6.19. The Hall–Kier alpha value is -3.39. The van der Waals surface area contributed by atoms with Crippen LogP contribution in [0, 0.1) is 12.7 Å². The molecule has 17 heteroatoms. The van der Waals surface area contributed by atoms with Gasteiger partial charge in [0.25, 0.3) is 0 Å². The molecular weight excluding hydrogens is 845 g/mol. The molecule has 0 spiro atoms. The van der Waals surface area contributed by atoms with Crippen LogP contribution in [0.5, 0.6) is 0 Å². The molecule has 12 nitrogen and oxygen atoms in total. The Morgan fingerprint density at radius 3 is 2.02 bits per heavy atom. The maximum absolute atomic E-state index is 13.4. The summed E-state index contributed by atoms with van der Waals surface area (Å²) < 4.78 is 67.5. The van der Waals surface area contributed by atoms with E-state index in [4.69, 9.17) is 34.7 Å². The lowest BCUT2D eigenvalue weighted by Gasteiger charge is -2.38. The minimum absolute atomic E-state index is 0.260. The van der Waals surface area contributed by atoms with Gasteiger partial charge in [-0.3, -0.25) is 18.1 Å². The van der Waals surface area contributed by atoms with E-state index >= 15 is 0 Å². The fraction of sp³-hybridized carbons (Fsp3) is 0.419. The lowest BCUT2D eigenvalue weighted by molar-refractivity contribution is 0.146. The molecule has 5 aromatic rings. The molecule has 0 amide bonds. The van der Waals surface area contributed by atoms with Crippen molar-refractivity contribution in [3.8, 4) is 5.69 Å². The zero-order valence-corrected chi connectivity index (χ0v) is 38.2. The Kier molecular flexibility index (Phi) is 14.7. The van der Waals surface area contributed by atoms with Gasteiger partial charge in [0.05, 0.1) is 48.9 Å². The Morgan fingerprint density at radius 1 is 0.800 bits per heavy atom. The number of halogens is 2. The van der Waals surface area contributed by atoms with Gasteiger partial charge in [-0.05, 0) is 120 Å². The third-order valence-corrected chi connectivity index (χ3v) is 16.4. The van der Waals surface area contributed by atoms with Crippen molar-refractivity contribution in [2.75, 3.05) is 71.0 Å². The van der Waals surface area contributed by atoms with E-state index in [-0.39, 0.29) is 11.7 Å². The summed E-state index contributed by atoms with van der Waals surface area (Å²) >= 11 is 8.06. The highest BCUT2D eigenvalue weighted by molar-refractivity contribution is 7.51. The highest BCUT2D eigenvalue weighted by Crippen LogP contribution is 2.55. The third kappa shape index (κ3) is 9.79. The van der Waals surface area contributed by atoms with Crippen molar-refractivity contribution in [2.45, 2.75) is 53.4 Å². The van der Waals surface area contributed by atoms with Crippen molar-refractivity contribution >= 4 is 71.5 Å². The molecule has 2 fully saturated rings. The molecule has 0 atom stereocenters. The van der Waals surface area contributed by atoms with Gasteiger partial charge in [0.15, 0.2) is 0 Å². The molecule has 0 unspecified atom stereocenters. The quantitative estimate of drug-likeness (QED) is 0.122. The van der Waals surface area contributed by atoms with Crippen molar-refractivity contribution in [1.29, 1.82) is 0 Å². The third-order valence-electron chi connectivity index (χ3n) is 10.7. The maximum atomic E-state index is 13.4. The van der Waals surface area contributed by atoms with Crippen LogP contribution in [0.1, 0.15) is 62.5 Å². The van der Waals surface area contributed by atoms with Crippen molar-refractivity contribution in [2.24, 2.45) is 4.99 Å². The predicted molar refractivity (Wildman–Crippen MR) is 242 cm³/mol. The molecule has 3 aliphatic heterocycles. The molecule has 0 bridgehead atoms. The number of piperidine rings is 1. The van der Waals surface area contributed by atoms with E-state index < -0.39 is 15.5 Å². The molecular formula is C43H54ClFN6O6P2S. The normalized spacial score (nSPS) is 16.7. The number of benzene rings is 3. The van der Waals surface area contributed by atoms with Crippen LogP contribution in [0.3, 0.4) is 0 Å². The van der Waals surface area contributed by atoms with E-state index in [1.165, 1.54) is 22.6 Å². The van der Waals surface area contributed by atoms with Crippen LogP contribution in [0.15, 0.2) is 84.0 Å². The smallest absolute Gasteiger partial charge is 0.353 e. The van der Waals surface area contributed by atoms with Crippen LogP contribution in [0.25, 0.3) is 16.6 Å². The number of thiophene rings is 1. The van der Waals surface area contributed by atoms with Crippen molar-refractivity contribution < 1.29 is 31.6 Å². The number of nitrogens with zero attached hydrogens (tertiary/aromatic N) is 5. The molecule has 60 heavy (non-hydrogen) atoms. The van der Waals surface area contributed by atoms with Gasteiger partial charge in [0, 0.05) is 66.4 Å². The number of fused-ring (bicyclic) bond motifs is 3. The molecule has 2 aromatic heterocycles. The number of amidine groups is 1. The number of hydrogen-bond acceptors (Lipinski definition) is 10. The van der Waals surface area contributed by atoms with Gasteiger partial charge in [-0.25, -0.2) is 27.9 Å². The second-order valence-corrected chi connectivity index (χ2v) is 20.3. The maximum Gasteiger partial charge on any atom is 0.408 e. The van der Waals surface area contributed by atoms with Gasteiger partial charge in [0.1, 0.15) is 16.7 Å². The first kappa shape index (κ1) is 44.7. The summed E-state index contributed by atoms with van der Waals surface area (Å²) in [5, 5.41) is 6.43. The second-order valence-electron chi connectivity index (χ2n) is 14.5. The summed E-state index contributed by atoms with van der Waals surface area (Å²) in [7, 11) is -6.47. The molecule has 0 saturated carbocycles. The van der Waals surface area contributed by atoms with E-state index in [2.05, 4.69) is 40.0 Å². The molecule has 0 radical (unpaired) electrons. The van der Waals surface area contributed by atoms with Gasteiger partial charge in [-0.15, -0.1) is 11.3 Å². The Morgan fingerprint density at radius 2 is 1.40 bits per heavy atom. The minimum Gasteiger partial charge on any atom is -0.353 e. The number of para-hydroxylation sites is 2. The molecule has 3 aliphatic rings. The number of aliphatic imine (C=N–C) groups is 1. The van der Waals surface area contributed by atoms with Gasteiger partial charge < -0.3 is 14.8 Å². The summed E-state index contributed by atoms with van der Waals surface area (Å²) in [6, 6.07) is 22.6. The van der Waals surface area contributed by atoms with Gasteiger partial charge in [-0.1, -0.05) is 23.7 Å². The number of aryl methyl sites for hydroxylation is 1. The van der Waals surface area contributed by atoms with Crippen LogP contribution >= 0.6 is 38.4 Å². The highest BCUT2D eigenvalue weighted by Gasteiger charge is 2.38. The van der Waals surface area contributed by atoms with E-state index in [0.29, 0.717) is 70.7 Å². The first-order valence-corrected chi connectivity index (χ1v) is 24.8. The van der Waals surface area contributed by atoms with Gasteiger partial charge in [0.2, 0.25) is 0 Å². The average Bonchev–Trinajstić information content (AvgIpc) is 3.76. The zero-order chi connectivity index (χ0) is 42.4. The molecule has 322 valence electrons. The summed E-state index contributed by atoms with van der Waals surface area (Å²) in [6.07, 6.45) is 3.79. The van der Waals surface area contributed by atoms with Gasteiger partial charge >= 0.3 is 15.5 Å². The van der Waals surface area contributed by atoms with Crippen molar-refractivity contribution in [1.82, 2.24) is 18.8 Å². The Labute approximate surface area is 361 Å². The van der Waals surface area contributed by atoms with Crippen LogP contribution in [-0.2, 0) is 27.2 Å². The molecule has 0 aliphatic carbocycles. The fourth-order valence-electron chi connectivity index (χ4n) is 7.98. The molecule has 8 rings (SSSR count). The van der Waals surface area contributed by atoms with Crippen molar-refractivity contribution in [3.63, 3.8) is 0 Å². The van der Waals surface area contributed by atoms with E-state index in [1.807, 2.05) is 73.4 Å². The molecule has 3 aromatic carbocycles. The number of anilines is 2. The minimum atomic E-state index is -3.24. The number of nitrogens with one attached hydrogen (secondary N) is 1. The first-order chi connectivity index (χ1) is 29.0. The largest absolute Gasteiger partial charge is 0.408 e. The van der Waals surface area contributed by atoms with Crippen molar-refractivity contribution in [3.05, 3.63) is 106 Å². The summed E-state index contributed by atoms with van der Waals surface area (Å²) in [6.45, 7) is 14.8. The highest BCUT2D eigenvalue weighted by atomic mass is 35.5. The monoisotopic (exact) mass is 898 g/mol. The van der Waals surface area contributed by atoms with E-state index in [0.717, 1.165) is 57.2 Å². The van der Waals surface area contributed by atoms with Gasteiger partial charge in [-0.2, -0.15) is 0 Å².